The molecule has 0 aliphatic carbocycles. The maximum absolute atomic E-state index is 12.9. The van der Waals surface area contributed by atoms with Gasteiger partial charge < -0.3 is 9.80 Å². The zero-order valence-corrected chi connectivity index (χ0v) is 14.2. The number of nitrogens with zero attached hydrogens (tertiary/aromatic N) is 2. The summed E-state index contributed by atoms with van der Waals surface area (Å²) in [6.45, 7) is 5.17. The van der Waals surface area contributed by atoms with Crippen LogP contribution in [-0.4, -0.2) is 40.2 Å². The minimum absolute atomic E-state index is 0.0912. The molecule has 4 heteroatoms. The van der Waals surface area contributed by atoms with Crippen molar-refractivity contribution < 1.29 is 9.59 Å². The molecule has 2 saturated heterocycles. The average molecular weight is 322 g/mol. The molecule has 4 nitrogen and oxygen atoms in total. The Morgan fingerprint density at radius 3 is 2.58 bits per heavy atom. The van der Waals surface area contributed by atoms with Crippen LogP contribution in [0.1, 0.15) is 30.9 Å². The van der Waals surface area contributed by atoms with E-state index in [9.17, 15) is 9.59 Å². The summed E-state index contributed by atoms with van der Waals surface area (Å²) in [4.78, 5) is 29.0. The summed E-state index contributed by atoms with van der Waals surface area (Å²) < 4.78 is 0. The van der Waals surface area contributed by atoms with E-state index in [1.54, 1.807) is 9.80 Å². The largest absolute Gasteiger partial charge is 0.329 e. The fraction of sp³-hybridized carbons (Fsp3) is 0.400. The highest BCUT2D eigenvalue weighted by Gasteiger charge is 2.45. The van der Waals surface area contributed by atoms with E-state index in [-0.39, 0.29) is 23.9 Å². The van der Waals surface area contributed by atoms with Gasteiger partial charge in [-0.25, -0.2) is 0 Å². The number of carbonyl (C=O) groups is 2. The first-order chi connectivity index (χ1) is 11.6. The van der Waals surface area contributed by atoms with Crippen molar-refractivity contribution in [3.05, 3.63) is 47.5 Å². The fourth-order valence-corrected chi connectivity index (χ4v) is 4.09. The minimum Gasteiger partial charge on any atom is -0.329 e. The van der Waals surface area contributed by atoms with Crippen molar-refractivity contribution in [2.75, 3.05) is 6.54 Å². The van der Waals surface area contributed by atoms with Crippen molar-refractivity contribution in [2.24, 2.45) is 0 Å². The van der Waals surface area contributed by atoms with E-state index in [0.717, 1.165) is 24.9 Å². The number of benzene rings is 2. The smallest absolute Gasteiger partial charge is 0.246 e. The molecule has 2 aliphatic rings. The average Bonchev–Trinajstić information content (AvgIpc) is 3.09. The summed E-state index contributed by atoms with van der Waals surface area (Å²) in [5.41, 5.74) is 2.33. The molecule has 2 heterocycles. The van der Waals surface area contributed by atoms with Gasteiger partial charge in [-0.05, 0) is 48.6 Å². The lowest BCUT2D eigenvalue weighted by atomic mass is 9.98. The molecule has 0 saturated carbocycles. The van der Waals surface area contributed by atoms with E-state index in [0.29, 0.717) is 6.54 Å². The molecule has 2 aliphatic heterocycles. The van der Waals surface area contributed by atoms with E-state index in [1.807, 2.05) is 19.1 Å². The van der Waals surface area contributed by atoms with Crippen molar-refractivity contribution in [1.82, 2.24) is 9.80 Å². The highest BCUT2D eigenvalue weighted by Crippen LogP contribution is 2.30. The van der Waals surface area contributed by atoms with Crippen LogP contribution in [0.4, 0.5) is 0 Å². The highest BCUT2D eigenvalue weighted by atomic mass is 16.2. The standard InChI is InChI=1S/C20H22N2O2/c1-13-9-10-15(17-7-4-3-6-16(13)17)12-22-14(2)19(23)21-11-5-8-18(21)20(22)24/h3-4,6-7,9-10,14,18H,5,8,11-12H2,1-2H3/t14-,18+/m0/s1. The lowest BCUT2D eigenvalue weighted by Crippen LogP contribution is -2.61. The first kappa shape index (κ1) is 15.2. The van der Waals surface area contributed by atoms with Crippen molar-refractivity contribution in [3.63, 3.8) is 0 Å². The van der Waals surface area contributed by atoms with Crippen LogP contribution in [-0.2, 0) is 16.1 Å². The molecule has 2 fully saturated rings. The Bertz CT molecular complexity index is 829. The van der Waals surface area contributed by atoms with Gasteiger partial charge in [0.25, 0.3) is 0 Å². The van der Waals surface area contributed by atoms with Crippen LogP contribution in [0.3, 0.4) is 0 Å². The zero-order chi connectivity index (χ0) is 16.8. The van der Waals surface area contributed by atoms with Crippen molar-refractivity contribution >= 4 is 22.6 Å². The van der Waals surface area contributed by atoms with E-state index < -0.39 is 0 Å². The molecule has 24 heavy (non-hydrogen) atoms. The second-order valence-electron chi connectivity index (χ2n) is 6.92. The molecule has 2 aromatic rings. The van der Waals surface area contributed by atoms with Crippen molar-refractivity contribution in [1.29, 1.82) is 0 Å². The van der Waals surface area contributed by atoms with Gasteiger partial charge in [0, 0.05) is 13.1 Å². The minimum atomic E-state index is -0.382. The SMILES string of the molecule is Cc1ccc(CN2C(=O)[C@H]3CCCN3C(=O)[C@@H]2C)c2ccccc12. The van der Waals surface area contributed by atoms with Crippen LogP contribution in [0.5, 0.6) is 0 Å². The summed E-state index contributed by atoms with van der Waals surface area (Å²) in [5, 5.41) is 2.37. The number of fused-ring (bicyclic) bond motifs is 2. The van der Waals surface area contributed by atoms with Gasteiger partial charge in [-0.3, -0.25) is 9.59 Å². The highest BCUT2D eigenvalue weighted by molar-refractivity contribution is 5.97. The van der Waals surface area contributed by atoms with Gasteiger partial charge in [0.2, 0.25) is 11.8 Å². The van der Waals surface area contributed by atoms with Crippen LogP contribution >= 0.6 is 0 Å². The molecule has 2 amide bonds. The van der Waals surface area contributed by atoms with Gasteiger partial charge >= 0.3 is 0 Å². The second kappa shape index (κ2) is 5.62. The molecule has 124 valence electrons. The lowest BCUT2D eigenvalue weighted by molar-refractivity contribution is -0.159. The Hall–Kier alpha value is -2.36. The molecule has 0 unspecified atom stereocenters. The molecule has 4 rings (SSSR count). The van der Waals surface area contributed by atoms with Crippen LogP contribution in [0.2, 0.25) is 0 Å². The molecule has 0 N–H and O–H groups in total. The summed E-state index contributed by atoms with van der Waals surface area (Å²) >= 11 is 0. The molecule has 2 atom stereocenters. The number of rotatable bonds is 2. The number of hydrogen-bond donors (Lipinski definition) is 0. The molecular weight excluding hydrogens is 300 g/mol. The second-order valence-corrected chi connectivity index (χ2v) is 6.92. The first-order valence-corrected chi connectivity index (χ1v) is 8.66. The van der Waals surface area contributed by atoms with Gasteiger partial charge in [0.1, 0.15) is 12.1 Å². The first-order valence-electron chi connectivity index (χ1n) is 8.66. The normalized spacial score (nSPS) is 23.9. The van der Waals surface area contributed by atoms with E-state index in [2.05, 4.69) is 31.2 Å². The lowest BCUT2D eigenvalue weighted by Gasteiger charge is -2.41. The number of piperazine rings is 1. The van der Waals surface area contributed by atoms with Crippen molar-refractivity contribution in [3.8, 4) is 0 Å². The van der Waals surface area contributed by atoms with E-state index in [1.165, 1.54) is 16.3 Å². The fourth-order valence-electron chi connectivity index (χ4n) is 4.09. The van der Waals surface area contributed by atoms with Gasteiger partial charge in [0.15, 0.2) is 0 Å². The van der Waals surface area contributed by atoms with Gasteiger partial charge in [0.05, 0.1) is 0 Å². The van der Waals surface area contributed by atoms with Crippen LogP contribution in [0.15, 0.2) is 36.4 Å². The third kappa shape index (κ3) is 2.20. The van der Waals surface area contributed by atoms with Crippen LogP contribution in [0.25, 0.3) is 10.8 Å². The third-order valence-electron chi connectivity index (χ3n) is 5.50. The Morgan fingerprint density at radius 2 is 1.79 bits per heavy atom. The van der Waals surface area contributed by atoms with Crippen LogP contribution < -0.4 is 0 Å². The summed E-state index contributed by atoms with van der Waals surface area (Å²) in [7, 11) is 0. The number of carbonyl (C=O) groups excluding carboxylic acids is 2. The topological polar surface area (TPSA) is 40.6 Å². The number of hydrogen-bond acceptors (Lipinski definition) is 2. The van der Waals surface area contributed by atoms with Gasteiger partial charge in [-0.2, -0.15) is 0 Å². The molecule has 0 aromatic heterocycles. The monoisotopic (exact) mass is 322 g/mol. The van der Waals surface area contributed by atoms with E-state index >= 15 is 0 Å². The van der Waals surface area contributed by atoms with Gasteiger partial charge in [-0.1, -0.05) is 36.4 Å². The Kier molecular flexibility index (Phi) is 3.56. The predicted molar refractivity (Wildman–Crippen MR) is 93.4 cm³/mol. The molecule has 2 aromatic carbocycles. The Balaban J connectivity index is 1.71. The quantitative estimate of drug-likeness (QED) is 0.853. The Labute approximate surface area is 142 Å². The van der Waals surface area contributed by atoms with E-state index in [4.69, 9.17) is 0 Å². The predicted octanol–water partition coefficient (Wildman–Crippen LogP) is 2.87. The third-order valence-corrected chi connectivity index (χ3v) is 5.50. The molecule has 0 radical (unpaired) electrons. The molecular formula is C20H22N2O2. The summed E-state index contributed by atoms with van der Waals surface area (Å²) in [6, 6.07) is 11.8. The summed E-state index contributed by atoms with van der Waals surface area (Å²) in [5.74, 6) is 0.192. The maximum atomic E-state index is 12.9. The van der Waals surface area contributed by atoms with Gasteiger partial charge in [-0.15, -0.1) is 0 Å². The Morgan fingerprint density at radius 1 is 1.04 bits per heavy atom. The zero-order valence-electron chi connectivity index (χ0n) is 14.2. The summed E-state index contributed by atoms with van der Waals surface area (Å²) in [6.07, 6.45) is 1.72. The van der Waals surface area contributed by atoms with Crippen LogP contribution in [0, 0.1) is 6.92 Å². The number of aryl methyl sites for hydroxylation is 1. The maximum Gasteiger partial charge on any atom is 0.246 e. The molecule has 0 bridgehead atoms. The number of amides is 2. The molecule has 0 spiro atoms. The van der Waals surface area contributed by atoms with Crippen molar-refractivity contribution in [2.45, 2.75) is 45.3 Å².